The highest BCUT2D eigenvalue weighted by atomic mass is 19.2. The van der Waals surface area contributed by atoms with E-state index in [0.29, 0.717) is 5.92 Å². The predicted octanol–water partition coefficient (Wildman–Crippen LogP) is 7.96. The number of ether oxygens (including phenoxy) is 1. The first-order valence-electron chi connectivity index (χ1n) is 13.6. The molecule has 0 spiro atoms. The Morgan fingerprint density at radius 2 is 1.74 bits per heavy atom. The molecule has 0 heterocycles. The maximum atomic E-state index is 14.3. The standard InChI is InChI=1S/C29H39F2NO2/c1-2-3-4-6-19-9-11-20(12-10-19)21-13-15-24-22(17-21)7-5-8-25(24)29(33)34-26-16-14-23(18-32)27(30)28(26)31/h14,16,19-22,24-25H,2-13,15,17H2,1H3. The molecule has 0 aliphatic heterocycles. The highest BCUT2D eigenvalue weighted by Crippen LogP contribution is 2.50. The van der Waals surface area contributed by atoms with Gasteiger partial charge in [0.25, 0.3) is 0 Å². The zero-order chi connectivity index (χ0) is 24.1. The summed E-state index contributed by atoms with van der Waals surface area (Å²) in [5.41, 5.74) is -0.386. The Labute approximate surface area is 203 Å². The van der Waals surface area contributed by atoms with Crippen LogP contribution in [0.2, 0.25) is 0 Å². The third-order valence-electron chi connectivity index (χ3n) is 9.14. The number of carbonyl (C=O) groups is 1. The molecule has 3 aliphatic carbocycles. The average Bonchev–Trinajstić information content (AvgIpc) is 2.87. The van der Waals surface area contributed by atoms with Crippen molar-refractivity contribution in [2.24, 2.45) is 35.5 Å². The van der Waals surface area contributed by atoms with E-state index in [0.717, 1.165) is 49.5 Å². The lowest BCUT2D eigenvalue weighted by Crippen LogP contribution is -2.40. The number of unbranched alkanes of at least 4 members (excludes halogenated alkanes) is 2. The fraction of sp³-hybridized carbons (Fsp3) is 0.724. The number of nitriles is 1. The number of halogens is 2. The summed E-state index contributed by atoms with van der Waals surface area (Å²) in [4.78, 5) is 13.0. The van der Waals surface area contributed by atoms with E-state index in [2.05, 4.69) is 6.92 Å². The van der Waals surface area contributed by atoms with Gasteiger partial charge in [-0.2, -0.15) is 9.65 Å². The van der Waals surface area contributed by atoms with Crippen LogP contribution in [-0.2, 0) is 4.79 Å². The molecule has 5 heteroatoms. The van der Waals surface area contributed by atoms with Crippen LogP contribution >= 0.6 is 0 Å². The molecule has 186 valence electrons. The molecular formula is C29H39F2NO2. The van der Waals surface area contributed by atoms with Crippen LogP contribution in [0.5, 0.6) is 5.75 Å². The van der Waals surface area contributed by atoms with Crippen LogP contribution in [-0.4, -0.2) is 5.97 Å². The van der Waals surface area contributed by atoms with Crippen molar-refractivity contribution in [3.05, 3.63) is 29.3 Å². The lowest BCUT2D eigenvalue weighted by molar-refractivity contribution is -0.144. The van der Waals surface area contributed by atoms with Gasteiger partial charge < -0.3 is 4.74 Å². The third kappa shape index (κ3) is 5.64. The molecule has 0 radical (unpaired) electrons. The van der Waals surface area contributed by atoms with Gasteiger partial charge in [-0.05, 0) is 80.2 Å². The van der Waals surface area contributed by atoms with Crippen LogP contribution in [0.4, 0.5) is 8.78 Å². The number of fused-ring (bicyclic) bond motifs is 1. The maximum absolute atomic E-state index is 14.3. The van der Waals surface area contributed by atoms with Gasteiger partial charge in [-0.3, -0.25) is 4.79 Å². The average molecular weight is 472 g/mol. The molecule has 3 saturated carbocycles. The minimum Gasteiger partial charge on any atom is -0.423 e. The van der Waals surface area contributed by atoms with Crippen molar-refractivity contribution in [3.8, 4) is 11.8 Å². The van der Waals surface area contributed by atoms with Crippen molar-refractivity contribution < 1.29 is 18.3 Å². The number of carbonyl (C=O) groups excluding carboxylic acids is 1. The first kappa shape index (κ1) is 25.1. The van der Waals surface area contributed by atoms with Gasteiger partial charge in [0, 0.05) is 0 Å². The van der Waals surface area contributed by atoms with Crippen LogP contribution in [0.15, 0.2) is 12.1 Å². The molecule has 0 amide bonds. The summed E-state index contributed by atoms with van der Waals surface area (Å²) < 4.78 is 33.6. The summed E-state index contributed by atoms with van der Waals surface area (Å²) in [5.74, 6) is -0.235. The van der Waals surface area contributed by atoms with Crippen molar-refractivity contribution in [2.45, 2.75) is 96.8 Å². The Bertz CT molecular complexity index is 887. The molecule has 0 saturated heterocycles. The van der Waals surface area contributed by atoms with Gasteiger partial charge in [0.1, 0.15) is 6.07 Å². The molecule has 3 nitrogen and oxygen atoms in total. The van der Waals surface area contributed by atoms with Crippen molar-refractivity contribution >= 4 is 5.97 Å². The van der Waals surface area contributed by atoms with E-state index in [1.807, 2.05) is 0 Å². The Morgan fingerprint density at radius 1 is 0.971 bits per heavy atom. The molecule has 4 atom stereocenters. The molecule has 0 bridgehead atoms. The van der Waals surface area contributed by atoms with Crippen LogP contribution in [0, 0.1) is 58.5 Å². The first-order chi connectivity index (χ1) is 16.5. The van der Waals surface area contributed by atoms with Gasteiger partial charge in [-0.1, -0.05) is 58.3 Å². The summed E-state index contributed by atoms with van der Waals surface area (Å²) in [7, 11) is 0. The molecule has 1 aromatic rings. The number of hydrogen-bond acceptors (Lipinski definition) is 3. The molecular weight excluding hydrogens is 432 g/mol. The first-order valence-corrected chi connectivity index (χ1v) is 13.6. The summed E-state index contributed by atoms with van der Waals surface area (Å²) in [6.45, 7) is 2.27. The third-order valence-corrected chi connectivity index (χ3v) is 9.14. The summed E-state index contributed by atoms with van der Waals surface area (Å²) >= 11 is 0. The van der Waals surface area contributed by atoms with Crippen molar-refractivity contribution in [3.63, 3.8) is 0 Å². The van der Waals surface area contributed by atoms with E-state index >= 15 is 0 Å². The highest BCUT2D eigenvalue weighted by Gasteiger charge is 2.43. The van der Waals surface area contributed by atoms with E-state index in [4.69, 9.17) is 10.00 Å². The Morgan fingerprint density at radius 3 is 2.47 bits per heavy atom. The maximum Gasteiger partial charge on any atom is 0.314 e. The molecule has 4 unspecified atom stereocenters. The van der Waals surface area contributed by atoms with Crippen LogP contribution < -0.4 is 4.74 Å². The minimum absolute atomic E-state index is 0.243. The van der Waals surface area contributed by atoms with Gasteiger partial charge >= 0.3 is 5.97 Å². The molecule has 4 rings (SSSR count). The SMILES string of the molecule is CCCCCC1CCC(C2CCC3C(CCCC3C(=O)Oc3ccc(C#N)c(F)c3F)C2)CC1. The van der Waals surface area contributed by atoms with E-state index < -0.39 is 23.4 Å². The second kappa shape index (κ2) is 11.6. The second-order valence-corrected chi connectivity index (χ2v) is 11.1. The highest BCUT2D eigenvalue weighted by molar-refractivity contribution is 5.75. The molecule has 3 fully saturated rings. The number of nitrogens with zero attached hydrogens (tertiary/aromatic N) is 1. The topological polar surface area (TPSA) is 50.1 Å². The van der Waals surface area contributed by atoms with Crippen LogP contribution in [0.25, 0.3) is 0 Å². The van der Waals surface area contributed by atoms with E-state index in [1.54, 1.807) is 6.07 Å². The van der Waals surface area contributed by atoms with Gasteiger partial charge in [-0.15, -0.1) is 0 Å². The number of hydrogen-bond donors (Lipinski definition) is 0. The Hall–Kier alpha value is -1.96. The zero-order valence-electron chi connectivity index (χ0n) is 20.5. The largest absolute Gasteiger partial charge is 0.423 e. The van der Waals surface area contributed by atoms with Crippen molar-refractivity contribution in [1.29, 1.82) is 5.26 Å². The van der Waals surface area contributed by atoms with E-state index in [1.165, 1.54) is 70.3 Å². The number of esters is 1. The van der Waals surface area contributed by atoms with Gasteiger partial charge in [0.2, 0.25) is 5.82 Å². The molecule has 34 heavy (non-hydrogen) atoms. The lowest BCUT2D eigenvalue weighted by atomic mass is 9.59. The minimum atomic E-state index is -1.26. The zero-order valence-corrected chi connectivity index (χ0v) is 20.5. The number of benzene rings is 1. The van der Waals surface area contributed by atoms with E-state index in [-0.39, 0.29) is 17.4 Å². The normalized spacial score (nSPS) is 31.4. The summed E-state index contributed by atoms with van der Waals surface area (Å²) in [6.07, 6.45) is 17.3. The molecule has 1 aromatic carbocycles. The van der Waals surface area contributed by atoms with Crippen LogP contribution in [0.1, 0.15) is 102 Å². The Balaban J connectivity index is 1.31. The summed E-state index contributed by atoms with van der Waals surface area (Å²) in [6, 6.07) is 3.95. The van der Waals surface area contributed by atoms with Crippen molar-refractivity contribution in [2.75, 3.05) is 0 Å². The van der Waals surface area contributed by atoms with Crippen molar-refractivity contribution in [1.82, 2.24) is 0 Å². The smallest absolute Gasteiger partial charge is 0.314 e. The Kier molecular flexibility index (Phi) is 8.61. The van der Waals surface area contributed by atoms with Gasteiger partial charge in [0.15, 0.2) is 11.6 Å². The molecule has 0 N–H and O–H groups in total. The monoisotopic (exact) mass is 471 g/mol. The van der Waals surface area contributed by atoms with E-state index in [9.17, 15) is 13.6 Å². The quantitative estimate of drug-likeness (QED) is 0.230. The van der Waals surface area contributed by atoms with Crippen LogP contribution in [0.3, 0.4) is 0 Å². The van der Waals surface area contributed by atoms with Gasteiger partial charge in [0.05, 0.1) is 11.5 Å². The summed E-state index contributed by atoms with van der Waals surface area (Å²) in [5, 5.41) is 8.86. The molecule has 0 aromatic heterocycles. The number of rotatable bonds is 7. The predicted molar refractivity (Wildman–Crippen MR) is 128 cm³/mol. The lowest BCUT2D eigenvalue weighted by Gasteiger charge is -2.46. The fourth-order valence-corrected chi connectivity index (χ4v) is 7.23. The molecule has 3 aliphatic rings. The second-order valence-electron chi connectivity index (χ2n) is 11.1. The van der Waals surface area contributed by atoms with Gasteiger partial charge in [-0.25, -0.2) is 4.39 Å². The fourth-order valence-electron chi connectivity index (χ4n) is 7.23.